The van der Waals surface area contributed by atoms with Crippen LogP contribution in [0.3, 0.4) is 0 Å². The van der Waals surface area contributed by atoms with Crippen LogP contribution in [0.4, 0.5) is 4.39 Å². The van der Waals surface area contributed by atoms with Crippen LogP contribution in [0, 0.1) is 12.7 Å². The standard InChI is InChI=1S/C18H20FN3O3/c1-10-18(24)22(11(2)17(23)21(10)4)9-15-12(3)25-16(20-15)13-6-5-7-14(19)8-13/h5-8,10-11H,9H2,1-4H3/t10-,11-/m0/s1. The van der Waals surface area contributed by atoms with Crippen molar-refractivity contribution in [1.29, 1.82) is 0 Å². The highest BCUT2D eigenvalue weighted by Crippen LogP contribution is 2.25. The second kappa shape index (κ2) is 6.31. The van der Waals surface area contributed by atoms with Gasteiger partial charge in [-0.2, -0.15) is 0 Å². The van der Waals surface area contributed by atoms with Crippen molar-refractivity contribution in [3.8, 4) is 11.5 Å². The first-order valence-electron chi connectivity index (χ1n) is 8.09. The number of hydrogen-bond acceptors (Lipinski definition) is 4. The summed E-state index contributed by atoms with van der Waals surface area (Å²) in [5.41, 5.74) is 1.08. The number of aromatic nitrogens is 1. The lowest BCUT2D eigenvalue weighted by Gasteiger charge is -2.40. The van der Waals surface area contributed by atoms with Gasteiger partial charge in [0.1, 0.15) is 29.4 Å². The molecule has 1 saturated heterocycles. The van der Waals surface area contributed by atoms with Crippen molar-refractivity contribution >= 4 is 11.8 Å². The molecule has 1 aromatic carbocycles. The minimum absolute atomic E-state index is 0.112. The van der Waals surface area contributed by atoms with Crippen LogP contribution in [0.25, 0.3) is 11.5 Å². The molecule has 1 aromatic heterocycles. The Labute approximate surface area is 145 Å². The number of oxazole rings is 1. The highest BCUT2D eigenvalue weighted by molar-refractivity contribution is 5.96. The summed E-state index contributed by atoms with van der Waals surface area (Å²) in [5.74, 6) is 0.207. The average molecular weight is 345 g/mol. The second-order valence-corrected chi connectivity index (χ2v) is 6.30. The molecule has 0 saturated carbocycles. The predicted molar refractivity (Wildman–Crippen MR) is 88.9 cm³/mol. The fourth-order valence-electron chi connectivity index (χ4n) is 2.91. The Hall–Kier alpha value is -2.70. The Morgan fingerprint density at radius 1 is 1.20 bits per heavy atom. The van der Waals surface area contributed by atoms with Gasteiger partial charge in [-0.15, -0.1) is 0 Å². The summed E-state index contributed by atoms with van der Waals surface area (Å²) in [5, 5.41) is 0. The molecule has 25 heavy (non-hydrogen) atoms. The zero-order valence-electron chi connectivity index (χ0n) is 14.6. The maximum Gasteiger partial charge on any atom is 0.246 e. The SMILES string of the molecule is Cc1oc(-c2cccc(F)c2)nc1CN1C(=O)[C@H](C)N(C)C(=O)[C@@H]1C. The normalized spacial score (nSPS) is 21.2. The van der Waals surface area contributed by atoms with Crippen LogP contribution < -0.4 is 0 Å². The van der Waals surface area contributed by atoms with E-state index in [0.717, 1.165) is 0 Å². The first-order chi connectivity index (χ1) is 11.8. The average Bonchev–Trinajstić information content (AvgIpc) is 2.96. The van der Waals surface area contributed by atoms with Crippen LogP contribution in [0.2, 0.25) is 0 Å². The van der Waals surface area contributed by atoms with E-state index in [1.807, 2.05) is 0 Å². The first kappa shape index (κ1) is 17.1. The first-order valence-corrected chi connectivity index (χ1v) is 8.09. The molecule has 2 aromatic rings. The van der Waals surface area contributed by atoms with Crippen molar-refractivity contribution in [2.45, 2.75) is 39.4 Å². The molecule has 2 atom stereocenters. The number of rotatable bonds is 3. The van der Waals surface area contributed by atoms with Gasteiger partial charge in [0, 0.05) is 12.6 Å². The zero-order chi connectivity index (χ0) is 18.3. The molecular formula is C18H20FN3O3. The van der Waals surface area contributed by atoms with Gasteiger partial charge in [0.25, 0.3) is 0 Å². The number of halogens is 1. The molecule has 3 rings (SSSR count). The smallest absolute Gasteiger partial charge is 0.246 e. The summed E-state index contributed by atoms with van der Waals surface area (Å²) >= 11 is 0. The third kappa shape index (κ3) is 3.01. The summed E-state index contributed by atoms with van der Waals surface area (Å²) in [6, 6.07) is 4.88. The molecule has 1 aliphatic heterocycles. The number of aryl methyl sites for hydroxylation is 1. The molecule has 0 bridgehead atoms. The largest absolute Gasteiger partial charge is 0.441 e. The maximum absolute atomic E-state index is 13.4. The van der Waals surface area contributed by atoms with Gasteiger partial charge in [-0.05, 0) is 39.0 Å². The Balaban J connectivity index is 1.88. The number of piperazine rings is 1. The molecule has 2 amide bonds. The van der Waals surface area contributed by atoms with E-state index in [4.69, 9.17) is 4.42 Å². The van der Waals surface area contributed by atoms with E-state index in [0.29, 0.717) is 22.9 Å². The van der Waals surface area contributed by atoms with E-state index < -0.39 is 12.1 Å². The molecule has 1 aliphatic rings. The zero-order valence-corrected chi connectivity index (χ0v) is 14.6. The predicted octanol–water partition coefficient (Wildman–Crippen LogP) is 2.37. The number of amides is 2. The fourth-order valence-corrected chi connectivity index (χ4v) is 2.91. The molecular weight excluding hydrogens is 325 g/mol. The third-order valence-corrected chi connectivity index (χ3v) is 4.68. The van der Waals surface area contributed by atoms with E-state index in [9.17, 15) is 14.0 Å². The number of carbonyl (C=O) groups is 2. The van der Waals surface area contributed by atoms with Crippen molar-refractivity contribution in [2.75, 3.05) is 7.05 Å². The van der Waals surface area contributed by atoms with Crippen molar-refractivity contribution in [3.05, 3.63) is 41.5 Å². The second-order valence-electron chi connectivity index (χ2n) is 6.30. The maximum atomic E-state index is 13.4. The van der Waals surface area contributed by atoms with Crippen molar-refractivity contribution < 1.29 is 18.4 Å². The monoisotopic (exact) mass is 345 g/mol. The summed E-state index contributed by atoms with van der Waals surface area (Å²) in [4.78, 5) is 32.2. The quantitative estimate of drug-likeness (QED) is 0.856. The molecule has 7 heteroatoms. The third-order valence-electron chi connectivity index (χ3n) is 4.68. The Morgan fingerprint density at radius 3 is 2.60 bits per heavy atom. The van der Waals surface area contributed by atoms with Gasteiger partial charge >= 0.3 is 0 Å². The Bertz CT molecular complexity index is 833. The summed E-state index contributed by atoms with van der Waals surface area (Å²) in [7, 11) is 1.63. The van der Waals surface area contributed by atoms with Gasteiger partial charge in [0.15, 0.2) is 0 Å². The highest BCUT2D eigenvalue weighted by Gasteiger charge is 2.40. The van der Waals surface area contributed by atoms with Crippen molar-refractivity contribution in [1.82, 2.24) is 14.8 Å². The summed E-state index contributed by atoms with van der Waals surface area (Å²) in [6.45, 7) is 5.31. The van der Waals surface area contributed by atoms with E-state index in [1.165, 1.54) is 21.9 Å². The lowest BCUT2D eigenvalue weighted by Crippen LogP contribution is -2.61. The van der Waals surface area contributed by atoms with Crippen LogP contribution in [0.1, 0.15) is 25.3 Å². The minimum Gasteiger partial charge on any atom is -0.441 e. The van der Waals surface area contributed by atoms with Crippen LogP contribution in [0.5, 0.6) is 0 Å². The van der Waals surface area contributed by atoms with E-state index >= 15 is 0 Å². The molecule has 0 spiro atoms. The van der Waals surface area contributed by atoms with Gasteiger partial charge in [-0.3, -0.25) is 9.59 Å². The number of benzene rings is 1. The molecule has 0 unspecified atom stereocenters. The van der Waals surface area contributed by atoms with Crippen LogP contribution in [0.15, 0.2) is 28.7 Å². The lowest BCUT2D eigenvalue weighted by molar-refractivity contribution is -0.159. The van der Waals surface area contributed by atoms with Crippen molar-refractivity contribution in [2.24, 2.45) is 0 Å². The fraction of sp³-hybridized carbons (Fsp3) is 0.389. The molecule has 6 nitrogen and oxygen atoms in total. The number of likely N-dealkylation sites (N-methyl/N-ethyl adjacent to an activating group) is 1. The molecule has 1 fully saturated rings. The van der Waals surface area contributed by atoms with Crippen LogP contribution >= 0.6 is 0 Å². The molecule has 0 aliphatic carbocycles. The Morgan fingerprint density at radius 2 is 1.92 bits per heavy atom. The van der Waals surface area contributed by atoms with Gasteiger partial charge in [-0.1, -0.05) is 6.07 Å². The van der Waals surface area contributed by atoms with E-state index in [-0.39, 0.29) is 24.2 Å². The van der Waals surface area contributed by atoms with Gasteiger partial charge < -0.3 is 14.2 Å². The molecule has 0 radical (unpaired) electrons. The van der Waals surface area contributed by atoms with Gasteiger partial charge in [0.05, 0.1) is 6.54 Å². The van der Waals surface area contributed by atoms with Gasteiger partial charge in [-0.25, -0.2) is 9.37 Å². The van der Waals surface area contributed by atoms with Crippen molar-refractivity contribution in [3.63, 3.8) is 0 Å². The number of hydrogen-bond donors (Lipinski definition) is 0. The molecule has 2 heterocycles. The number of carbonyl (C=O) groups excluding carboxylic acids is 2. The van der Waals surface area contributed by atoms with Crippen LogP contribution in [-0.4, -0.2) is 45.7 Å². The molecule has 0 N–H and O–H groups in total. The highest BCUT2D eigenvalue weighted by atomic mass is 19.1. The summed E-state index contributed by atoms with van der Waals surface area (Å²) < 4.78 is 19.0. The molecule has 132 valence electrons. The van der Waals surface area contributed by atoms with Crippen LogP contribution in [-0.2, 0) is 16.1 Å². The Kier molecular flexibility index (Phi) is 4.32. The topological polar surface area (TPSA) is 66.7 Å². The number of nitrogens with zero attached hydrogens (tertiary/aromatic N) is 3. The van der Waals surface area contributed by atoms with Gasteiger partial charge in [0.2, 0.25) is 17.7 Å². The minimum atomic E-state index is -0.567. The lowest BCUT2D eigenvalue weighted by atomic mass is 10.1. The summed E-state index contributed by atoms with van der Waals surface area (Å²) in [6.07, 6.45) is 0. The van der Waals surface area contributed by atoms with E-state index in [1.54, 1.807) is 40.0 Å². The van der Waals surface area contributed by atoms with E-state index in [2.05, 4.69) is 4.98 Å².